The first kappa shape index (κ1) is 14.1. The Bertz CT molecular complexity index is 451. The van der Waals surface area contributed by atoms with Crippen LogP contribution in [0.5, 0.6) is 0 Å². The Morgan fingerprint density at radius 3 is 2.42 bits per heavy atom. The van der Waals surface area contributed by atoms with Crippen LogP contribution >= 0.6 is 0 Å². The second kappa shape index (κ2) is 6.23. The summed E-state index contributed by atoms with van der Waals surface area (Å²) in [5.74, 6) is 6.41. The molecule has 0 aromatic heterocycles. The van der Waals surface area contributed by atoms with Crippen molar-refractivity contribution in [2.24, 2.45) is 5.92 Å². The Hall–Kier alpha value is -1.30. The number of nitrogens with one attached hydrogen (secondary N) is 1. The zero-order valence-electron chi connectivity index (χ0n) is 11.9. The van der Waals surface area contributed by atoms with Gasteiger partial charge in [0.25, 0.3) is 0 Å². The van der Waals surface area contributed by atoms with E-state index >= 15 is 0 Å². The molecule has 0 unspecified atom stereocenters. The minimum Gasteiger partial charge on any atom is -0.373 e. The van der Waals surface area contributed by atoms with Gasteiger partial charge in [-0.2, -0.15) is 0 Å². The van der Waals surface area contributed by atoms with Gasteiger partial charge in [-0.3, -0.25) is 0 Å². The standard InChI is InChI=1S/C17H23NO/c1-15(2)17(19,16-9-4-3-5-10-16)11-8-14-18-12-6-7-13-18/h3-5,9-10,15,19H,6-7,12-14H2,1-2H3/p+1/t17-/m0/s1. The third kappa shape index (κ3) is 3.37. The summed E-state index contributed by atoms with van der Waals surface area (Å²) >= 11 is 0. The van der Waals surface area contributed by atoms with Gasteiger partial charge in [0.1, 0.15) is 6.54 Å². The van der Waals surface area contributed by atoms with E-state index in [-0.39, 0.29) is 5.92 Å². The molecule has 0 radical (unpaired) electrons. The fourth-order valence-corrected chi connectivity index (χ4v) is 2.60. The average Bonchev–Trinajstić information content (AvgIpc) is 2.92. The number of likely N-dealkylation sites (tertiary alicyclic amines) is 1. The first-order valence-electron chi connectivity index (χ1n) is 7.24. The monoisotopic (exact) mass is 258 g/mol. The van der Waals surface area contributed by atoms with Crippen molar-refractivity contribution in [3.63, 3.8) is 0 Å². The Balaban J connectivity index is 2.13. The van der Waals surface area contributed by atoms with Crippen LogP contribution in [0.4, 0.5) is 0 Å². The largest absolute Gasteiger partial charge is 0.373 e. The van der Waals surface area contributed by atoms with Crippen molar-refractivity contribution in [3.8, 4) is 11.8 Å². The molecule has 1 atom stereocenters. The van der Waals surface area contributed by atoms with E-state index in [2.05, 4.69) is 11.8 Å². The van der Waals surface area contributed by atoms with E-state index in [1.54, 1.807) is 4.90 Å². The summed E-state index contributed by atoms with van der Waals surface area (Å²) in [7, 11) is 0. The van der Waals surface area contributed by atoms with Crippen LogP contribution in [0.25, 0.3) is 0 Å². The van der Waals surface area contributed by atoms with Crippen LogP contribution in [0.1, 0.15) is 32.3 Å². The van der Waals surface area contributed by atoms with Crippen LogP contribution in [0.15, 0.2) is 30.3 Å². The number of rotatable bonds is 3. The molecule has 1 aliphatic rings. The molecule has 0 amide bonds. The van der Waals surface area contributed by atoms with Crippen LogP contribution < -0.4 is 4.90 Å². The average molecular weight is 258 g/mol. The van der Waals surface area contributed by atoms with E-state index in [9.17, 15) is 5.11 Å². The molecule has 19 heavy (non-hydrogen) atoms. The lowest BCUT2D eigenvalue weighted by Gasteiger charge is -2.27. The molecule has 1 aliphatic heterocycles. The van der Waals surface area contributed by atoms with Gasteiger partial charge < -0.3 is 10.0 Å². The van der Waals surface area contributed by atoms with Gasteiger partial charge in [0.05, 0.1) is 13.1 Å². The zero-order chi connectivity index (χ0) is 13.7. The molecule has 1 fully saturated rings. The van der Waals surface area contributed by atoms with Crippen LogP contribution in [-0.2, 0) is 5.60 Å². The van der Waals surface area contributed by atoms with Gasteiger partial charge >= 0.3 is 0 Å². The number of aliphatic hydroxyl groups is 1. The van der Waals surface area contributed by atoms with Gasteiger partial charge in [-0.05, 0) is 17.4 Å². The highest BCUT2D eigenvalue weighted by Crippen LogP contribution is 2.28. The Labute approximate surface area is 116 Å². The quantitative estimate of drug-likeness (QED) is 0.783. The third-order valence-corrected chi connectivity index (χ3v) is 3.98. The summed E-state index contributed by atoms with van der Waals surface area (Å²) in [6.07, 6.45) is 2.62. The highest BCUT2D eigenvalue weighted by molar-refractivity contribution is 5.32. The van der Waals surface area contributed by atoms with Crippen molar-refractivity contribution in [1.82, 2.24) is 0 Å². The number of quaternary nitrogens is 1. The molecule has 0 bridgehead atoms. The summed E-state index contributed by atoms with van der Waals surface area (Å²) in [6, 6.07) is 9.78. The summed E-state index contributed by atoms with van der Waals surface area (Å²) in [5, 5.41) is 10.9. The molecule has 2 N–H and O–H groups in total. The van der Waals surface area contributed by atoms with Gasteiger partial charge in [0.2, 0.25) is 0 Å². The van der Waals surface area contributed by atoms with Gasteiger partial charge in [-0.1, -0.05) is 50.1 Å². The summed E-state index contributed by atoms with van der Waals surface area (Å²) in [5.41, 5.74) is -0.130. The lowest BCUT2D eigenvalue weighted by Crippen LogP contribution is -3.09. The Morgan fingerprint density at radius 2 is 1.84 bits per heavy atom. The maximum absolute atomic E-state index is 10.9. The van der Waals surface area contributed by atoms with Crippen molar-refractivity contribution < 1.29 is 10.0 Å². The molecular formula is C17H24NO+. The molecular weight excluding hydrogens is 234 g/mol. The summed E-state index contributed by atoms with van der Waals surface area (Å²) in [4.78, 5) is 1.55. The van der Waals surface area contributed by atoms with Crippen molar-refractivity contribution in [2.45, 2.75) is 32.3 Å². The minimum atomic E-state index is -1.03. The maximum atomic E-state index is 10.9. The normalized spacial score (nSPS) is 18.9. The van der Waals surface area contributed by atoms with Crippen LogP contribution in [0, 0.1) is 17.8 Å². The SMILES string of the molecule is CC(C)[C@@](O)(C#CC[NH+]1CCCC1)c1ccccc1. The molecule has 0 aliphatic carbocycles. The first-order valence-corrected chi connectivity index (χ1v) is 7.24. The first-order chi connectivity index (χ1) is 9.13. The molecule has 1 heterocycles. The van der Waals surface area contributed by atoms with Crippen LogP contribution in [0.3, 0.4) is 0 Å². The second-order valence-electron chi connectivity index (χ2n) is 5.72. The van der Waals surface area contributed by atoms with Crippen LogP contribution in [-0.4, -0.2) is 24.7 Å². The van der Waals surface area contributed by atoms with E-state index < -0.39 is 5.60 Å². The molecule has 1 saturated heterocycles. The Morgan fingerprint density at radius 1 is 1.21 bits per heavy atom. The van der Waals surface area contributed by atoms with Gasteiger partial charge in [-0.25, -0.2) is 0 Å². The molecule has 2 heteroatoms. The minimum absolute atomic E-state index is 0.0796. The zero-order valence-corrected chi connectivity index (χ0v) is 11.9. The number of hydrogen-bond donors (Lipinski definition) is 2. The number of benzene rings is 1. The highest BCUT2D eigenvalue weighted by atomic mass is 16.3. The predicted octanol–water partition coefficient (Wildman–Crippen LogP) is 1.21. The van der Waals surface area contributed by atoms with Crippen molar-refractivity contribution in [1.29, 1.82) is 0 Å². The maximum Gasteiger partial charge on any atom is 0.153 e. The second-order valence-corrected chi connectivity index (χ2v) is 5.72. The molecule has 1 aromatic rings. The van der Waals surface area contributed by atoms with E-state index in [1.807, 2.05) is 44.2 Å². The number of hydrogen-bond acceptors (Lipinski definition) is 1. The molecule has 2 rings (SSSR count). The van der Waals surface area contributed by atoms with Gasteiger partial charge in [0.15, 0.2) is 5.60 Å². The molecule has 0 spiro atoms. The topological polar surface area (TPSA) is 24.7 Å². The molecule has 2 nitrogen and oxygen atoms in total. The molecule has 0 saturated carbocycles. The summed E-state index contributed by atoms with van der Waals surface area (Å²) in [6.45, 7) is 7.33. The lowest BCUT2D eigenvalue weighted by molar-refractivity contribution is -0.879. The van der Waals surface area contributed by atoms with Crippen molar-refractivity contribution >= 4 is 0 Å². The van der Waals surface area contributed by atoms with Crippen molar-refractivity contribution in [3.05, 3.63) is 35.9 Å². The van der Waals surface area contributed by atoms with Gasteiger partial charge in [0, 0.05) is 12.8 Å². The Kier molecular flexibility index (Phi) is 4.63. The third-order valence-electron chi connectivity index (χ3n) is 3.98. The fraction of sp³-hybridized carbons (Fsp3) is 0.529. The summed E-state index contributed by atoms with van der Waals surface area (Å²) < 4.78 is 0. The van der Waals surface area contributed by atoms with Gasteiger partial charge in [-0.15, -0.1) is 0 Å². The van der Waals surface area contributed by atoms with E-state index in [4.69, 9.17) is 0 Å². The highest BCUT2D eigenvalue weighted by Gasteiger charge is 2.30. The smallest absolute Gasteiger partial charge is 0.153 e. The fourth-order valence-electron chi connectivity index (χ4n) is 2.60. The molecule has 102 valence electrons. The molecule has 1 aromatic carbocycles. The van der Waals surface area contributed by atoms with E-state index in [0.29, 0.717) is 0 Å². The van der Waals surface area contributed by atoms with Crippen molar-refractivity contribution in [2.75, 3.05) is 19.6 Å². The van der Waals surface area contributed by atoms with Crippen LogP contribution in [0.2, 0.25) is 0 Å². The van der Waals surface area contributed by atoms with E-state index in [1.165, 1.54) is 25.9 Å². The van der Waals surface area contributed by atoms with E-state index in [0.717, 1.165) is 12.1 Å². The lowest BCUT2D eigenvalue weighted by atomic mass is 9.84. The predicted molar refractivity (Wildman–Crippen MR) is 77.8 cm³/mol.